The summed E-state index contributed by atoms with van der Waals surface area (Å²) in [7, 11) is -4.11. The van der Waals surface area contributed by atoms with Crippen LogP contribution in [0.15, 0.2) is 46.9 Å². The van der Waals surface area contributed by atoms with E-state index >= 15 is 0 Å². The Balaban J connectivity index is 1.89. The number of nitrogens with one attached hydrogen (secondary N) is 1. The summed E-state index contributed by atoms with van der Waals surface area (Å²) in [6, 6.07) is 9.47. The largest absolute Gasteiger partial charge is 0.449 e. The van der Waals surface area contributed by atoms with Crippen LogP contribution >= 0.6 is 11.3 Å². The van der Waals surface area contributed by atoms with Gasteiger partial charge < -0.3 is 14.4 Å². The van der Waals surface area contributed by atoms with Crippen molar-refractivity contribution in [1.82, 2.24) is 14.3 Å². The lowest BCUT2D eigenvalue weighted by Crippen LogP contribution is -2.31. The molecule has 0 atom stereocenters. The van der Waals surface area contributed by atoms with E-state index in [-0.39, 0.29) is 10.8 Å². The van der Waals surface area contributed by atoms with Crippen LogP contribution in [-0.2, 0) is 33.3 Å². The van der Waals surface area contributed by atoms with Crippen LogP contribution in [0.25, 0.3) is 11.1 Å². The molecule has 0 radical (unpaired) electrons. The number of hydrogen-bond acceptors (Lipinski definition) is 7. The van der Waals surface area contributed by atoms with Crippen molar-refractivity contribution in [3.8, 4) is 11.1 Å². The van der Waals surface area contributed by atoms with Crippen molar-refractivity contribution in [2.24, 2.45) is 5.92 Å². The Morgan fingerprint density at radius 1 is 1.25 bits per heavy atom. The second-order valence-electron chi connectivity index (χ2n) is 9.74. The third-order valence-electron chi connectivity index (χ3n) is 5.43. The Morgan fingerprint density at radius 3 is 2.56 bits per heavy atom. The molecule has 8 nitrogen and oxygen atoms in total. The average Bonchev–Trinajstić information content (AvgIpc) is 3.41. The molecule has 196 valence electrons. The minimum Gasteiger partial charge on any atom is -0.449 e. The molecule has 1 amide bonds. The zero-order valence-electron chi connectivity index (χ0n) is 21.4. The number of imidazole rings is 1. The number of hydrogen-bond donors (Lipinski definition) is 2. The van der Waals surface area contributed by atoms with Crippen LogP contribution in [0.5, 0.6) is 0 Å². The second-order valence-corrected chi connectivity index (χ2v) is 12.8. The van der Waals surface area contributed by atoms with Gasteiger partial charge in [0.05, 0.1) is 6.61 Å². The van der Waals surface area contributed by atoms with Crippen LogP contribution in [0.4, 0.5) is 4.79 Å². The molecule has 0 aliphatic carbocycles. The Morgan fingerprint density at radius 2 is 1.94 bits per heavy atom. The van der Waals surface area contributed by atoms with Crippen LogP contribution < -0.4 is 4.72 Å². The van der Waals surface area contributed by atoms with E-state index in [0.29, 0.717) is 30.3 Å². The molecule has 1 aromatic carbocycles. The number of thiophene rings is 1. The molecule has 2 aromatic heterocycles. The van der Waals surface area contributed by atoms with Crippen molar-refractivity contribution >= 4 is 27.5 Å². The highest BCUT2D eigenvalue weighted by atomic mass is 32.2. The number of carbonyl (C=O) groups excluding carboxylic acids is 1. The summed E-state index contributed by atoms with van der Waals surface area (Å²) in [4.78, 5) is 17.3. The highest BCUT2D eigenvalue weighted by Gasteiger charge is 2.26. The first-order valence-electron chi connectivity index (χ1n) is 12.1. The molecular weight excluding hydrogens is 498 g/mol. The first kappa shape index (κ1) is 27.9. The highest BCUT2D eigenvalue weighted by molar-refractivity contribution is 7.92. The second kappa shape index (κ2) is 11.6. The maximum Gasteiger partial charge on any atom is 0.421 e. The molecule has 0 aliphatic rings. The normalized spacial score (nSPS) is 12.2. The first-order valence-corrected chi connectivity index (χ1v) is 14.4. The van der Waals surface area contributed by atoms with Crippen molar-refractivity contribution in [2.45, 2.75) is 70.2 Å². The number of nitrogens with zero attached hydrogens (tertiary/aromatic N) is 2. The molecular formula is C26H35N3O5S2. The van der Waals surface area contributed by atoms with Gasteiger partial charge in [0, 0.05) is 29.4 Å². The lowest BCUT2D eigenvalue weighted by molar-refractivity contribution is 0.0652. The lowest BCUT2D eigenvalue weighted by atomic mass is 10.0. The van der Waals surface area contributed by atoms with E-state index in [1.807, 2.05) is 48.0 Å². The van der Waals surface area contributed by atoms with Gasteiger partial charge in [-0.2, -0.15) is 0 Å². The number of carbonyl (C=O) groups is 1. The Bertz CT molecular complexity index is 1270. The number of unbranched alkanes of at least 4 members (excludes halogenated alkanes) is 1. The standard InChI is InChI=1S/C26H35N3O5S2/c1-6-7-14-34-25(30)28-36(32,33)23-22(16-21(35-23)15-18(2)3)20-10-8-19(9-11-20)17-29-13-12-27-24(29)26(4,5)31/h8-13,16,18,31H,6-7,14-15,17H2,1-5H3,(H,28,30). The number of benzene rings is 1. The van der Waals surface area contributed by atoms with Gasteiger partial charge in [0.15, 0.2) is 0 Å². The molecule has 10 heteroatoms. The molecule has 0 fully saturated rings. The fourth-order valence-electron chi connectivity index (χ4n) is 3.77. The van der Waals surface area contributed by atoms with E-state index in [1.54, 1.807) is 20.0 Å². The number of ether oxygens (including phenoxy) is 1. The van der Waals surface area contributed by atoms with Gasteiger partial charge in [-0.1, -0.05) is 51.5 Å². The molecule has 2 N–H and O–H groups in total. The third kappa shape index (κ3) is 7.18. The van der Waals surface area contributed by atoms with Gasteiger partial charge in [-0.15, -0.1) is 11.3 Å². The number of aromatic nitrogens is 2. The minimum atomic E-state index is -4.11. The molecule has 36 heavy (non-hydrogen) atoms. The zero-order valence-corrected chi connectivity index (χ0v) is 23.1. The molecule has 3 rings (SSSR count). The fraction of sp³-hybridized carbons (Fsp3) is 0.462. The van der Waals surface area contributed by atoms with Gasteiger partial charge in [-0.25, -0.2) is 22.9 Å². The maximum absolute atomic E-state index is 13.1. The van der Waals surface area contributed by atoms with Crippen LogP contribution in [-0.4, -0.2) is 35.8 Å². The summed E-state index contributed by atoms with van der Waals surface area (Å²) in [5.41, 5.74) is 1.19. The Labute approximate surface area is 217 Å². The highest BCUT2D eigenvalue weighted by Crippen LogP contribution is 2.36. The molecule has 0 bridgehead atoms. The number of amides is 1. The zero-order chi connectivity index (χ0) is 26.5. The molecule has 0 aliphatic heterocycles. The van der Waals surface area contributed by atoms with Crippen LogP contribution in [0.3, 0.4) is 0 Å². The lowest BCUT2D eigenvalue weighted by Gasteiger charge is -2.18. The monoisotopic (exact) mass is 533 g/mol. The van der Waals surface area contributed by atoms with E-state index in [2.05, 4.69) is 23.6 Å². The summed E-state index contributed by atoms with van der Waals surface area (Å²) in [6.45, 7) is 10.2. The van der Waals surface area contributed by atoms with Crippen molar-refractivity contribution < 1.29 is 23.1 Å². The smallest absolute Gasteiger partial charge is 0.421 e. The van der Waals surface area contributed by atoms with Gasteiger partial charge in [-0.3, -0.25) is 0 Å². The van der Waals surface area contributed by atoms with E-state index < -0.39 is 21.7 Å². The van der Waals surface area contributed by atoms with E-state index in [9.17, 15) is 18.3 Å². The van der Waals surface area contributed by atoms with Crippen LogP contribution in [0, 0.1) is 5.92 Å². The Kier molecular flexibility index (Phi) is 8.97. The molecule has 0 saturated carbocycles. The topological polar surface area (TPSA) is 111 Å². The number of aliphatic hydroxyl groups is 1. The fourth-order valence-corrected chi connectivity index (χ4v) is 6.62. The summed E-state index contributed by atoms with van der Waals surface area (Å²) in [6.07, 6.45) is 4.73. The van der Waals surface area contributed by atoms with Gasteiger partial charge in [0.2, 0.25) is 0 Å². The van der Waals surface area contributed by atoms with Crippen molar-refractivity contribution in [2.75, 3.05) is 6.61 Å². The van der Waals surface area contributed by atoms with Gasteiger partial charge in [0.25, 0.3) is 10.0 Å². The number of sulfonamides is 1. The molecule has 0 spiro atoms. The quantitative estimate of drug-likeness (QED) is 0.324. The van der Waals surface area contributed by atoms with Crippen molar-refractivity contribution in [3.05, 3.63) is 59.0 Å². The van der Waals surface area contributed by atoms with Gasteiger partial charge in [0.1, 0.15) is 15.6 Å². The van der Waals surface area contributed by atoms with E-state index in [0.717, 1.165) is 28.8 Å². The number of rotatable bonds is 11. The van der Waals surface area contributed by atoms with E-state index in [4.69, 9.17) is 4.74 Å². The molecule has 0 saturated heterocycles. The van der Waals surface area contributed by atoms with Gasteiger partial charge in [-0.05, 0) is 49.8 Å². The van der Waals surface area contributed by atoms with Crippen LogP contribution in [0.2, 0.25) is 0 Å². The van der Waals surface area contributed by atoms with Crippen molar-refractivity contribution in [3.63, 3.8) is 0 Å². The predicted molar refractivity (Wildman–Crippen MR) is 141 cm³/mol. The summed E-state index contributed by atoms with van der Waals surface area (Å²) < 4.78 is 35.3. The van der Waals surface area contributed by atoms with Gasteiger partial charge >= 0.3 is 6.09 Å². The predicted octanol–water partition coefficient (Wildman–Crippen LogP) is 5.30. The third-order valence-corrected chi connectivity index (χ3v) is 8.44. The van der Waals surface area contributed by atoms with E-state index in [1.165, 1.54) is 11.3 Å². The van der Waals surface area contributed by atoms with Crippen molar-refractivity contribution in [1.29, 1.82) is 0 Å². The summed E-state index contributed by atoms with van der Waals surface area (Å²) in [5, 5.41) is 10.3. The Hall–Kier alpha value is -2.69. The summed E-state index contributed by atoms with van der Waals surface area (Å²) >= 11 is 1.17. The minimum absolute atomic E-state index is 0.0947. The SMILES string of the molecule is CCCCOC(=O)NS(=O)(=O)c1sc(CC(C)C)cc1-c1ccc(Cn2ccnc2C(C)(C)O)cc1. The maximum atomic E-state index is 13.1. The van der Waals surface area contributed by atoms with Crippen LogP contribution in [0.1, 0.15) is 63.7 Å². The molecule has 0 unspecified atom stereocenters. The average molecular weight is 534 g/mol. The molecule has 3 aromatic rings. The summed E-state index contributed by atoms with van der Waals surface area (Å²) in [5.74, 6) is 0.912. The molecule has 2 heterocycles. The first-order chi connectivity index (χ1) is 16.9.